The molecule has 0 N–H and O–H groups in total. The van der Waals surface area contributed by atoms with Crippen LogP contribution in [0, 0.1) is 0 Å². The minimum atomic E-state index is -3.26. The smallest absolute Gasteiger partial charge is 0.264 e. The summed E-state index contributed by atoms with van der Waals surface area (Å²) in [6.45, 7) is 4.60. The van der Waals surface area contributed by atoms with Crippen molar-refractivity contribution in [1.29, 1.82) is 0 Å². The van der Waals surface area contributed by atoms with E-state index in [1.165, 1.54) is 12.3 Å². The van der Waals surface area contributed by atoms with Crippen LogP contribution in [0.15, 0.2) is 11.9 Å². The Bertz CT molecular complexity index is 255. The lowest BCUT2D eigenvalue weighted by molar-refractivity contribution is 0.328. The van der Waals surface area contributed by atoms with Crippen LogP contribution >= 0.6 is 7.92 Å². The van der Waals surface area contributed by atoms with Crippen molar-refractivity contribution in [2.45, 2.75) is 20.3 Å². The molecule has 0 aromatic rings. The van der Waals surface area contributed by atoms with Crippen molar-refractivity contribution in [1.82, 2.24) is 0 Å². The van der Waals surface area contributed by atoms with Crippen molar-refractivity contribution in [3.8, 4) is 0 Å². The summed E-state index contributed by atoms with van der Waals surface area (Å²) in [6, 6.07) is 0. The molecule has 0 aromatic carbocycles. The van der Waals surface area contributed by atoms with Gasteiger partial charge in [0.25, 0.3) is 10.1 Å². The van der Waals surface area contributed by atoms with Gasteiger partial charge in [0.05, 0.1) is 12.9 Å². The molecular weight excluding hydrogens is 219 g/mol. The van der Waals surface area contributed by atoms with Crippen molar-refractivity contribution >= 4 is 18.0 Å². The van der Waals surface area contributed by atoms with Crippen molar-refractivity contribution in [3.05, 3.63) is 11.9 Å². The molecule has 0 spiro atoms. The lowest BCUT2D eigenvalue weighted by atomic mass is 10.5. The van der Waals surface area contributed by atoms with E-state index in [2.05, 4.69) is 23.8 Å². The van der Waals surface area contributed by atoms with Gasteiger partial charge in [0.1, 0.15) is 0 Å². The molecule has 0 aliphatic rings. The van der Waals surface area contributed by atoms with Gasteiger partial charge in [-0.05, 0) is 18.7 Å². The van der Waals surface area contributed by atoms with Crippen LogP contribution in [0.4, 0.5) is 0 Å². The van der Waals surface area contributed by atoms with Crippen LogP contribution in [0.25, 0.3) is 0 Å². The van der Waals surface area contributed by atoms with Crippen LogP contribution in [-0.4, -0.2) is 33.6 Å². The molecule has 0 heterocycles. The zero-order valence-electron chi connectivity index (χ0n) is 9.06. The van der Waals surface area contributed by atoms with Crippen LogP contribution in [0.1, 0.15) is 20.3 Å². The zero-order chi connectivity index (χ0) is 11.0. The third-order valence-corrected chi connectivity index (χ3v) is 4.56. The summed E-state index contributed by atoms with van der Waals surface area (Å²) in [7, 11) is -3.25. The van der Waals surface area contributed by atoms with Crippen LogP contribution in [0.3, 0.4) is 0 Å². The van der Waals surface area contributed by atoms with Crippen LogP contribution in [0.5, 0.6) is 0 Å². The number of hydrogen-bond donors (Lipinski definition) is 0. The predicted octanol–water partition coefficient (Wildman–Crippen LogP) is 2.39. The van der Waals surface area contributed by atoms with E-state index in [9.17, 15) is 8.42 Å². The van der Waals surface area contributed by atoms with Gasteiger partial charge < -0.3 is 0 Å². The van der Waals surface area contributed by atoms with Crippen molar-refractivity contribution in [3.63, 3.8) is 0 Å². The summed E-state index contributed by atoms with van der Waals surface area (Å²) in [5.41, 5.74) is 0. The first-order valence-electron chi connectivity index (χ1n) is 4.74. The van der Waals surface area contributed by atoms with E-state index in [1.54, 1.807) is 0 Å². The first-order valence-corrected chi connectivity index (χ1v) is 8.34. The first kappa shape index (κ1) is 14.1. The fourth-order valence-corrected chi connectivity index (χ4v) is 2.64. The summed E-state index contributed by atoms with van der Waals surface area (Å²) in [5.74, 6) is 2.20. The Labute approximate surface area is 88.4 Å². The minimum absolute atomic E-state index is 0.0135. The zero-order valence-corrected chi connectivity index (χ0v) is 10.8. The average molecular weight is 238 g/mol. The molecule has 0 aliphatic heterocycles. The normalized spacial score (nSPS) is 12.9. The largest absolute Gasteiger partial charge is 0.270 e. The molecule has 0 aromatic heterocycles. The second-order valence-corrected chi connectivity index (χ2v) is 7.31. The number of rotatable bonds is 7. The lowest BCUT2D eigenvalue weighted by Gasteiger charge is -2.05. The molecule has 0 rings (SSSR count). The summed E-state index contributed by atoms with van der Waals surface area (Å²) < 4.78 is 25.8. The number of hydrogen-bond acceptors (Lipinski definition) is 3. The van der Waals surface area contributed by atoms with Crippen molar-refractivity contribution in [2.24, 2.45) is 0 Å². The first-order chi connectivity index (χ1) is 6.49. The maximum Gasteiger partial charge on any atom is 0.264 e. The van der Waals surface area contributed by atoms with Gasteiger partial charge in [-0.1, -0.05) is 33.7 Å². The molecule has 0 saturated heterocycles. The molecule has 0 atom stereocenters. The van der Waals surface area contributed by atoms with Gasteiger partial charge in [0, 0.05) is 0 Å². The summed E-state index contributed by atoms with van der Waals surface area (Å²) >= 11 is 0. The Morgan fingerprint density at radius 3 is 2.29 bits per heavy atom. The SMILES string of the molecule is CCP(C=CCCOS(C)(=O)=O)CC. The maximum atomic E-state index is 10.6. The Morgan fingerprint density at radius 2 is 1.86 bits per heavy atom. The molecule has 0 saturated carbocycles. The van der Waals surface area contributed by atoms with Crippen molar-refractivity contribution < 1.29 is 12.6 Å². The molecule has 5 heteroatoms. The third-order valence-electron chi connectivity index (χ3n) is 1.71. The quantitative estimate of drug-likeness (QED) is 0.388. The van der Waals surface area contributed by atoms with E-state index in [4.69, 9.17) is 0 Å². The maximum absolute atomic E-state index is 10.6. The predicted molar refractivity (Wildman–Crippen MR) is 62.6 cm³/mol. The molecule has 0 unspecified atom stereocenters. The van der Waals surface area contributed by atoms with Crippen LogP contribution < -0.4 is 0 Å². The van der Waals surface area contributed by atoms with Gasteiger partial charge in [-0.25, -0.2) is 0 Å². The highest BCUT2D eigenvalue weighted by Gasteiger charge is 1.99. The Balaban J connectivity index is 3.63. The fraction of sp³-hybridized carbons (Fsp3) is 0.778. The topological polar surface area (TPSA) is 43.4 Å². The van der Waals surface area contributed by atoms with Gasteiger partial charge in [0.2, 0.25) is 0 Å². The monoisotopic (exact) mass is 238 g/mol. The second-order valence-electron chi connectivity index (χ2n) is 2.92. The van der Waals surface area contributed by atoms with Gasteiger partial charge in [-0.2, -0.15) is 8.42 Å². The molecule has 0 amide bonds. The molecule has 0 radical (unpaired) electrons. The Kier molecular flexibility index (Phi) is 7.42. The third kappa shape index (κ3) is 8.67. The molecule has 84 valence electrons. The average Bonchev–Trinajstić information content (AvgIpc) is 2.09. The summed E-state index contributed by atoms with van der Waals surface area (Å²) in [5, 5.41) is 0. The Morgan fingerprint density at radius 1 is 1.29 bits per heavy atom. The van der Waals surface area contributed by atoms with E-state index in [0.29, 0.717) is 6.42 Å². The second kappa shape index (κ2) is 7.38. The van der Waals surface area contributed by atoms with Gasteiger partial charge in [-0.3, -0.25) is 4.18 Å². The molecule has 0 bridgehead atoms. The lowest BCUT2D eigenvalue weighted by Crippen LogP contribution is -2.03. The van der Waals surface area contributed by atoms with Gasteiger partial charge in [-0.15, -0.1) is 0 Å². The van der Waals surface area contributed by atoms with E-state index >= 15 is 0 Å². The van der Waals surface area contributed by atoms with E-state index in [0.717, 1.165) is 6.26 Å². The minimum Gasteiger partial charge on any atom is -0.270 e. The highest BCUT2D eigenvalue weighted by Crippen LogP contribution is 2.35. The molecule has 0 aliphatic carbocycles. The van der Waals surface area contributed by atoms with Gasteiger partial charge >= 0.3 is 0 Å². The fourth-order valence-electron chi connectivity index (χ4n) is 0.926. The van der Waals surface area contributed by atoms with Crippen LogP contribution in [-0.2, 0) is 14.3 Å². The van der Waals surface area contributed by atoms with E-state index < -0.39 is 10.1 Å². The highest BCUT2D eigenvalue weighted by molar-refractivity contribution is 7.85. The summed E-state index contributed by atoms with van der Waals surface area (Å²) in [4.78, 5) is 0. The van der Waals surface area contributed by atoms with Crippen molar-refractivity contribution in [2.75, 3.05) is 25.2 Å². The summed E-state index contributed by atoms with van der Waals surface area (Å²) in [6.07, 6.45) is 6.14. The van der Waals surface area contributed by atoms with Gasteiger partial charge in [0.15, 0.2) is 0 Å². The standard InChI is InChI=1S/C9H19O3PS/c1-4-13(5-2)9-7-6-8-12-14(3,10)11/h7,9H,4-6,8H2,1-3H3. The Hall–Kier alpha value is 0.0800. The molecule has 14 heavy (non-hydrogen) atoms. The molecule has 0 fully saturated rings. The van der Waals surface area contributed by atoms with E-state index in [-0.39, 0.29) is 14.5 Å². The highest BCUT2D eigenvalue weighted by atomic mass is 32.2. The molecule has 3 nitrogen and oxygen atoms in total. The van der Waals surface area contributed by atoms with Crippen LogP contribution in [0.2, 0.25) is 0 Å². The molecular formula is C9H19O3PS. The van der Waals surface area contributed by atoms with E-state index in [1.807, 2.05) is 6.08 Å².